The van der Waals surface area contributed by atoms with Crippen LogP contribution in [0, 0.1) is 29.5 Å². The van der Waals surface area contributed by atoms with Gasteiger partial charge in [-0.2, -0.15) is 52.7 Å². The monoisotopic (exact) mass is 1830 g/mol. The predicted octanol–water partition coefficient (Wildman–Crippen LogP) is 13.8. The Kier molecular flexibility index (Phi) is 34.2. The molecule has 32 nitrogen and oxygen atoms in total. The number of hydrogen-bond donors (Lipinski definition) is 10. The summed E-state index contributed by atoms with van der Waals surface area (Å²) in [5.74, 6) is -2.73. The number of hydrogen-bond acceptors (Lipinski definition) is 22. The molecule has 1 saturated carbocycles. The molecular formula is C85H101F13N26O6. The molecule has 1 aliphatic carbocycles. The van der Waals surface area contributed by atoms with E-state index in [9.17, 15) is 85.8 Å². The molecule has 12 aromatic rings. The normalized spacial score (nSPS) is 15.1. The number of carbonyl (C=O) groups is 6. The van der Waals surface area contributed by atoms with Gasteiger partial charge in [-0.15, -0.1) is 0 Å². The Labute approximate surface area is 737 Å². The minimum atomic E-state index is -4.55. The van der Waals surface area contributed by atoms with Gasteiger partial charge in [0.25, 0.3) is 0 Å². The van der Waals surface area contributed by atoms with Crippen LogP contribution < -0.4 is 41.7 Å². The molecule has 0 aromatic carbocycles. The van der Waals surface area contributed by atoms with Crippen molar-refractivity contribution in [3.8, 4) is 45.6 Å². The summed E-state index contributed by atoms with van der Waals surface area (Å²) in [5, 5.41) is 16.3. The molecule has 15 rings (SSSR count). The van der Waals surface area contributed by atoms with Gasteiger partial charge in [0.2, 0.25) is 35.4 Å². The fourth-order valence-electron chi connectivity index (χ4n) is 13.6. The number of piperazine rings is 2. The van der Waals surface area contributed by atoms with E-state index in [0.29, 0.717) is 99.1 Å². The number of aromatic nitrogens is 16. The van der Waals surface area contributed by atoms with Gasteiger partial charge in [-0.3, -0.25) is 28.8 Å². The third kappa shape index (κ3) is 26.7. The second kappa shape index (κ2) is 43.8. The molecule has 45 heteroatoms. The number of H-pyrrole nitrogens is 4. The van der Waals surface area contributed by atoms with Crippen LogP contribution in [0.1, 0.15) is 90.5 Å². The molecule has 698 valence electrons. The highest BCUT2D eigenvalue weighted by atomic mass is 19.4. The number of carbonyl (C=O) groups excluding carboxylic acids is 6. The number of aromatic amines is 4. The zero-order valence-electron chi connectivity index (χ0n) is 68.1. The van der Waals surface area contributed by atoms with Gasteiger partial charge < -0.3 is 71.4 Å². The number of anilines is 4. The summed E-state index contributed by atoms with van der Waals surface area (Å²) < 4.78 is 165. The van der Waals surface area contributed by atoms with E-state index in [4.69, 9.17) is 0 Å². The van der Waals surface area contributed by atoms with E-state index in [-0.39, 0.29) is 97.1 Å². The number of rotatable bonds is 23. The topological polar surface area (TPSA) is 405 Å². The maximum absolute atomic E-state index is 14.3. The Balaban J connectivity index is 0.000000213. The Morgan fingerprint density at radius 1 is 0.423 bits per heavy atom. The van der Waals surface area contributed by atoms with Crippen molar-refractivity contribution in [1.82, 2.24) is 111 Å². The van der Waals surface area contributed by atoms with Crippen molar-refractivity contribution in [3.05, 3.63) is 147 Å². The third-order valence-corrected chi connectivity index (χ3v) is 19.9. The number of pyridine rings is 4. The highest BCUT2D eigenvalue weighted by molar-refractivity contribution is 5.96. The first-order valence-corrected chi connectivity index (χ1v) is 39.5. The summed E-state index contributed by atoms with van der Waals surface area (Å²) in [5.41, 5.74) is 5.33. The summed E-state index contributed by atoms with van der Waals surface area (Å²) in [6.07, 6.45) is 2.72. The molecule has 2 saturated heterocycles. The summed E-state index contributed by atoms with van der Waals surface area (Å²) in [4.78, 5) is 145. The molecule has 3 aliphatic rings. The van der Waals surface area contributed by atoms with Crippen molar-refractivity contribution < 1.29 is 85.8 Å². The molecule has 4 atom stereocenters. The van der Waals surface area contributed by atoms with E-state index in [1.54, 1.807) is 152 Å². The lowest BCUT2D eigenvalue weighted by Gasteiger charge is -2.41. The Morgan fingerprint density at radius 2 is 0.777 bits per heavy atom. The third-order valence-electron chi connectivity index (χ3n) is 19.9. The molecule has 12 aromatic heterocycles. The van der Waals surface area contributed by atoms with E-state index in [0.717, 1.165) is 40.8 Å². The molecule has 2 aliphatic heterocycles. The SMILES string of the molecule is C.C.C.C.CC(C)CC(=O)N1CCN(c2ccnc(-c3c[nH]c4ncccc34)n2)[C@@H](C(=O)NCC(F)(F)F)C1.CC(C)[C@@H](Nc1ccnc(-c2c[nH]c3ncccc23)n1)C(=O)NCC(F)(F)F.CC(C)[C@@H](Nc1nc(-c2c[nH]c3ncccc23)ncc1F)C(=O)NCC(F)(F)F.O=C(NCC(F)(F)F)[C@H]1CN(C(=O)C2CC2)CCN1c1ccnc(-c2c[nH]c3ncccc23)n1. The molecule has 3 fully saturated rings. The fourth-order valence-corrected chi connectivity index (χ4v) is 13.6. The summed E-state index contributed by atoms with van der Waals surface area (Å²) in [6, 6.07) is 15.2. The molecule has 0 radical (unpaired) electrons. The highest BCUT2D eigenvalue weighted by Gasteiger charge is 2.43. The Hall–Kier alpha value is -13.8. The average Bonchev–Trinajstić information content (AvgIpc) is 1.51. The van der Waals surface area contributed by atoms with Gasteiger partial charge >= 0.3 is 24.7 Å². The zero-order valence-corrected chi connectivity index (χ0v) is 68.1. The van der Waals surface area contributed by atoms with Gasteiger partial charge in [-0.25, -0.2) is 64.2 Å². The Morgan fingerprint density at radius 3 is 1.15 bits per heavy atom. The molecule has 0 bridgehead atoms. The number of amides is 6. The smallest absolute Gasteiger partial charge is 0.358 e. The van der Waals surface area contributed by atoms with E-state index >= 15 is 0 Å². The first-order valence-electron chi connectivity index (χ1n) is 39.5. The number of nitrogens with one attached hydrogen (secondary N) is 10. The quantitative estimate of drug-likeness (QED) is 0.0266. The van der Waals surface area contributed by atoms with Crippen LogP contribution in [0.5, 0.6) is 0 Å². The molecule has 0 unspecified atom stereocenters. The molecule has 14 heterocycles. The van der Waals surface area contributed by atoms with Crippen molar-refractivity contribution in [3.63, 3.8) is 0 Å². The minimum absolute atomic E-state index is 0. The van der Waals surface area contributed by atoms with Crippen molar-refractivity contribution in [1.29, 1.82) is 0 Å². The van der Waals surface area contributed by atoms with Crippen molar-refractivity contribution in [2.75, 3.05) is 85.9 Å². The van der Waals surface area contributed by atoms with Gasteiger partial charge in [0, 0.05) is 150 Å². The largest absolute Gasteiger partial charge is 0.405 e. The molecule has 130 heavy (non-hydrogen) atoms. The molecular weight excluding hydrogens is 1730 g/mol. The summed E-state index contributed by atoms with van der Waals surface area (Å²) in [7, 11) is 0. The standard InChI is InChI=1S/C23H26F3N7O2.C22H22F3N7O2.C18H18F4N6O.C18H19F3N6O.4CH4/c1-14(2)10-19(34)32-8-9-33(17(12-32)22(35)30-13-23(24,25)26)18-5-7-28-21(31-18)16-11-29-20-15(16)4-3-6-27-20;23-22(24,25)12-29-20(33)16-11-31(21(34)13-3-4-13)8-9-32(16)17-5-7-27-19(30-17)15-10-28-18-14(15)2-1-6-26-18;1-9(2)13(17(29)26-8-18(20,21)22)27-16-12(19)7-25-15(28-16)11-6-24-14-10(11)4-3-5-23-14;1-10(2)14(17(28)25-9-18(19,20)21)26-13-5-7-23-16(27-13)12-8-24-15-11(12)4-3-6-22-15;;;;/h3-7,11,14,17H,8-10,12-13H2,1-2H3,(H,27,29)(H,30,35);1-2,5-7,10,13,16H,3-4,8-9,11-12H2,(H,26,28)(H,29,33);3-7,9,13H,8H2,1-2H3,(H,23,24)(H,26,29)(H,25,27,28);3-8,10,14H,9H2,1-2H3,(H,22,24)(H,25,28)(H,23,26,27);4*1H4/t17-;16-;13-;14-;;;;/m1111..../s1. The van der Waals surface area contributed by atoms with E-state index in [1.165, 1.54) is 17.3 Å². The minimum Gasteiger partial charge on any atom is -0.358 e. The van der Waals surface area contributed by atoms with Crippen molar-refractivity contribution >= 4 is 103 Å². The van der Waals surface area contributed by atoms with Crippen molar-refractivity contribution in [2.24, 2.45) is 23.7 Å². The maximum Gasteiger partial charge on any atom is 0.405 e. The Bertz CT molecular complexity index is 5820. The van der Waals surface area contributed by atoms with Crippen LogP contribution in [0.3, 0.4) is 0 Å². The second-order valence-corrected chi connectivity index (χ2v) is 30.5. The lowest BCUT2D eigenvalue weighted by molar-refractivity contribution is -0.141. The van der Waals surface area contributed by atoms with Gasteiger partial charge in [0.15, 0.2) is 34.9 Å². The molecule has 10 N–H and O–H groups in total. The zero-order chi connectivity index (χ0) is 90.5. The van der Waals surface area contributed by atoms with E-state index < -0.39 is 110 Å². The molecule has 0 spiro atoms. The van der Waals surface area contributed by atoms with Crippen LogP contribution in [0.25, 0.3) is 89.7 Å². The number of alkyl halides is 12. The first-order chi connectivity index (χ1) is 59.8. The van der Waals surface area contributed by atoms with Crippen LogP contribution in [0.15, 0.2) is 141 Å². The van der Waals surface area contributed by atoms with E-state index in [1.807, 2.05) is 48.0 Å². The predicted molar refractivity (Wildman–Crippen MR) is 464 cm³/mol. The maximum atomic E-state index is 14.3. The van der Waals surface area contributed by atoms with Crippen LogP contribution >= 0.6 is 0 Å². The lowest BCUT2D eigenvalue weighted by atomic mass is 10.0. The molecule has 6 amide bonds. The lowest BCUT2D eigenvalue weighted by Crippen LogP contribution is -2.61. The highest BCUT2D eigenvalue weighted by Crippen LogP contribution is 2.36. The summed E-state index contributed by atoms with van der Waals surface area (Å²) >= 11 is 0. The van der Waals surface area contributed by atoms with Crippen LogP contribution in [0.4, 0.5) is 80.3 Å². The van der Waals surface area contributed by atoms with Crippen LogP contribution in [-0.2, 0) is 28.8 Å². The fraction of sp³-hybridized carbons (Fsp3) is 0.412. The van der Waals surface area contributed by atoms with Gasteiger partial charge in [0.05, 0.1) is 19.3 Å². The van der Waals surface area contributed by atoms with Gasteiger partial charge in [0.1, 0.15) is 90.4 Å². The second-order valence-electron chi connectivity index (χ2n) is 30.5. The van der Waals surface area contributed by atoms with E-state index in [2.05, 4.69) is 90.4 Å². The van der Waals surface area contributed by atoms with Crippen molar-refractivity contribution in [2.45, 2.75) is 139 Å². The average molecular weight is 1830 g/mol. The van der Waals surface area contributed by atoms with Crippen LogP contribution in [-0.4, -0.2) is 239 Å². The number of nitrogens with zero attached hydrogens (tertiary/aromatic N) is 16. The van der Waals surface area contributed by atoms with Gasteiger partial charge in [-0.05, 0) is 97.3 Å². The van der Waals surface area contributed by atoms with Crippen LogP contribution in [0.2, 0.25) is 0 Å². The first kappa shape index (κ1) is 102. The summed E-state index contributed by atoms with van der Waals surface area (Å²) in [6.45, 7) is 5.91. The van der Waals surface area contributed by atoms with Gasteiger partial charge in [-0.1, -0.05) is 71.2 Å². The number of fused-ring (bicyclic) bond motifs is 4. The number of halogens is 13.